The van der Waals surface area contributed by atoms with Crippen LogP contribution in [0.2, 0.25) is 5.02 Å². The molecule has 3 rings (SSSR count). The van der Waals surface area contributed by atoms with Crippen LogP contribution in [0.25, 0.3) is 0 Å². The van der Waals surface area contributed by atoms with Crippen molar-refractivity contribution in [3.05, 3.63) is 50.4 Å². The van der Waals surface area contributed by atoms with Gasteiger partial charge >= 0.3 is 0 Å². The predicted octanol–water partition coefficient (Wildman–Crippen LogP) is 4.44. The molecule has 9 heteroatoms. The van der Waals surface area contributed by atoms with E-state index in [-0.39, 0.29) is 42.9 Å². The molecule has 2 unspecified atom stereocenters. The van der Waals surface area contributed by atoms with E-state index in [4.69, 9.17) is 16.3 Å². The average Bonchev–Trinajstić information content (AvgIpc) is 3.02. The SMILES string of the molecule is COC(C)c1nc(C)c(C(=O)N2CCNCC2c2ccccc2Cl)s1.Cl.Cl. The van der Waals surface area contributed by atoms with E-state index in [1.807, 2.05) is 43.0 Å². The van der Waals surface area contributed by atoms with E-state index in [0.29, 0.717) is 23.0 Å². The molecule has 0 radical (unpaired) electrons. The number of ether oxygens (including phenoxy) is 1. The highest BCUT2D eigenvalue weighted by atomic mass is 35.5. The zero-order chi connectivity index (χ0) is 18.0. The number of nitrogens with zero attached hydrogens (tertiary/aromatic N) is 2. The van der Waals surface area contributed by atoms with Gasteiger partial charge in [-0.1, -0.05) is 29.8 Å². The molecule has 0 aliphatic carbocycles. The van der Waals surface area contributed by atoms with Crippen molar-refractivity contribution in [2.45, 2.75) is 26.0 Å². The third kappa shape index (κ3) is 5.13. The van der Waals surface area contributed by atoms with Crippen molar-refractivity contribution in [1.29, 1.82) is 0 Å². The van der Waals surface area contributed by atoms with Gasteiger partial charge < -0.3 is 15.0 Å². The van der Waals surface area contributed by atoms with Crippen LogP contribution in [0.5, 0.6) is 0 Å². The standard InChI is InChI=1S/C18H22ClN3O2S.2ClH/c1-11-16(25-17(21-11)12(2)24-3)18(23)22-9-8-20-10-15(22)13-6-4-5-7-14(13)19;;/h4-7,12,15,20H,8-10H2,1-3H3;2*1H. The zero-order valence-corrected chi connectivity index (χ0v) is 18.6. The normalized spacial score (nSPS) is 17.6. The molecule has 1 amide bonds. The van der Waals surface area contributed by atoms with Crippen molar-refractivity contribution in [2.24, 2.45) is 0 Å². The number of halogens is 3. The fourth-order valence-corrected chi connectivity index (χ4v) is 4.30. The number of carbonyl (C=O) groups is 1. The maximum atomic E-state index is 13.2. The lowest BCUT2D eigenvalue weighted by Crippen LogP contribution is -2.48. The Hall–Kier alpha value is -0.890. The molecule has 1 aliphatic heterocycles. The number of carbonyl (C=O) groups excluding carboxylic acids is 1. The minimum Gasteiger partial charge on any atom is -0.375 e. The van der Waals surface area contributed by atoms with E-state index in [0.717, 1.165) is 22.8 Å². The summed E-state index contributed by atoms with van der Waals surface area (Å²) in [5.74, 6) is 0.0102. The van der Waals surface area contributed by atoms with Gasteiger partial charge in [-0.2, -0.15) is 0 Å². The van der Waals surface area contributed by atoms with Crippen LogP contribution in [-0.4, -0.2) is 42.5 Å². The molecular weight excluding hydrogens is 429 g/mol. The highest BCUT2D eigenvalue weighted by Crippen LogP contribution is 2.32. The fraction of sp³-hybridized carbons (Fsp3) is 0.444. The van der Waals surface area contributed by atoms with Gasteiger partial charge in [0.1, 0.15) is 16.0 Å². The van der Waals surface area contributed by atoms with E-state index in [1.54, 1.807) is 7.11 Å². The Kier molecular flexibility index (Phi) is 9.48. The van der Waals surface area contributed by atoms with Crippen LogP contribution in [0, 0.1) is 6.92 Å². The van der Waals surface area contributed by atoms with Crippen molar-refractivity contribution in [1.82, 2.24) is 15.2 Å². The van der Waals surface area contributed by atoms with E-state index in [9.17, 15) is 4.79 Å². The van der Waals surface area contributed by atoms with Crippen molar-refractivity contribution < 1.29 is 9.53 Å². The minimum atomic E-state index is -0.118. The fourth-order valence-electron chi connectivity index (χ4n) is 2.99. The average molecular weight is 453 g/mol. The van der Waals surface area contributed by atoms with Crippen molar-refractivity contribution in [3.63, 3.8) is 0 Å². The molecule has 27 heavy (non-hydrogen) atoms. The molecule has 2 heterocycles. The van der Waals surface area contributed by atoms with Crippen LogP contribution < -0.4 is 5.32 Å². The second kappa shape index (κ2) is 10.6. The summed E-state index contributed by atoms with van der Waals surface area (Å²) in [6.45, 7) is 5.91. The number of amides is 1. The topological polar surface area (TPSA) is 54.5 Å². The van der Waals surface area contributed by atoms with Crippen LogP contribution in [0.1, 0.15) is 45.0 Å². The molecule has 2 aromatic rings. The van der Waals surface area contributed by atoms with Crippen LogP contribution in [0.15, 0.2) is 24.3 Å². The number of hydrogen-bond donors (Lipinski definition) is 1. The van der Waals surface area contributed by atoms with Gasteiger partial charge in [-0.3, -0.25) is 4.79 Å². The molecule has 1 N–H and O–H groups in total. The van der Waals surface area contributed by atoms with Crippen LogP contribution in [-0.2, 0) is 4.74 Å². The highest BCUT2D eigenvalue weighted by molar-refractivity contribution is 7.13. The summed E-state index contributed by atoms with van der Waals surface area (Å²) in [5, 5.41) is 4.87. The Morgan fingerprint density at radius 3 is 2.78 bits per heavy atom. The number of rotatable bonds is 4. The van der Waals surface area contributed by atoms with E-state index in [2.05, 4.69) is 10.3 Å². The second-order valence-electron chi connectivity index (χ2n) is 6.08. The number of aromatic nitrogens is 1. The zero-order valence-electron chi connectivity index (χ0n) is 15.4. The first kappa shape index (κ1) is 24.1. The van der Waals surface area contributed by atoms with Gasteiger partial charge in [0.05, 0.1) is 11.7 Å². The molecule has 0 bridgehead atoms. The number of aryl methyl sites for hydroxylation is 1. The quantitative estimate of drug-likeness (QED) is 0.745. The first-order chi connectivity index (χ1) is 12.0. The first-order valence-electron chi connectivity index (χ1n) is 8.29. The number of benzene rings is 1. The molecule has 1 fully saturated rings. The Bertz CT molecular complexity index is 772. The summed E-state index contributed by atoms with van der Waals surface area (Å²) < 4.78 is 5.33. The Labute approximate surface area is 181 Å². The molecule has 150 valence electrons. The van der Waals surface area contributed by atoms with Gasteiger partial charge in [0.2, 0.25) is 0 Å². The molecule has 0 spiro atoms. The summed E-state index contributed by atoms with van der Waals surface area (Å²) in [6.07, 6.45) is -0.118. The summed E-state index contributed by atoms with van der Waals surface area (Å²) in [6, 6.07) is 7.62. The van der Waals surface area contributed by atoms with Gasteiger partial charge in [0, 0.05) is 31.8 Å². The number of methoxy groups -OCH3 is 1. The van der Waals surface area contributed by atoms with Crippen molar-refractivity contribution >= 4 is 53.7 Å². The summed E-state index contributed by atoms with van der Waals surface area (Å²) in [5.41, 5.74) is 1.72. The van der Waals surface area contributed by atoms with Gasteiger partial charge in [-0.25, -0.2) is 4.98 Å². The summed E-state index contributed by atoms with van der Waals surface area (Å²) in [7, 11) is 1.65. The lowest BCUT2D eigenvalue weighted by atomic mass is 10.0. The van der Waals surface area contributed by atoms with E-state index >= 15 is 0 Å². The third-order valence-electron chi connectivity index (χ3n) is 4.48. The van der Waals surface area contributed by atoms with Gasteiger partial charge in [0.15, 0.2) is 0 Å². The molecule has 0 saturated carbocycles. The molecule has 1 saturated heterocycles. The van der Waals surface area contributed by atoms with Gasteiger partial charge in [-0.05, 0) is 25.5 Å². The lowest BCUT2D eigenvalue weighted by Gasteiger charge is -2.36. The number of nitrogens with one attached hydrogen (secondary N) is 1. The third-order valence-corrected chi connectivity index (χ3v) is 6.13. The smallest absolute Gasteiger partial charge is 0.266 e. The van der Waals surface area contributed by atoms with Gasteiger partial charge in [0.25, 0.3) is 5.91 Å². The minimum absolute atomic E-state index is 0. The second-order valence-corrected chi connectivity index (χ2v) is 7.52. The van der Waals surface area contributed by atoms with Gasteiger partial charge in [-0.15, -0.1) is 36.2 Å². The van der Waals surface area contributed by atoms with Crippen LogP contribution >= 0.6 is 47.8 Å². The molecule has 1 aromatic heterocycles. The maximum absolute atomic E-state index is 13.2. The number of hydrogen-bond acceptors (Lipinski definition) is 5. The summed E-state index contributed by atoms with van der Waals surface area (Å²) in [4.78, 5) is 20.3. The molecule has 5 nitrogen and oxygen atoms in total. The predicted molar refractivity (Wildman–Crippen MR) is 115 cm³/mol. The van der Waals surface area contributed by atoms with Crippen molar-refractivity contribution in [2.75, 3.05) is 26.7 Å². The van der Waals surface area contributed by atoms with Crippen LogP contribution in [0.4, 0.5) is 0 Å². The number of piperazine rings is 1. The molecule has 1 aliphatic rings. The molecule has 2 atom stereocenters. The van der Waals surface area contributed by atoms with Crippen molar-refractivity contribution in [3.8, 4) is 0 Å². The lowest BCUT2D eigenvalue weighted by molar-refractivity contribution is 0.0638. The van der Waals surface area contributed by atoms with E-state index in [1.165, 1.54) is 11.3 Å². The Morgan fingerprint density at radius 2 is 2.11 bits per heavy atom. The largest absolute Gasteiger partial charge is 0.375 e. The van der Waals surface area contributed by atoms with E-state index < -0.39 is 0 Å². The molecular formula is C18H24Cl3N3O2S. The molecule has 1 aromatic carbocycles. The highest BCUT2D eigenvalue weighted by Gasteiger charge is 2.32. The summed E-state index contributed by atoms with van der Waals surface area (Å²) >= 11 is 7.79. The Balaban J connectivity index is 0.00000182. The Morgan fingerprint density at radius 1 is 1.41 bits per heavy atom. The first-order valence-corrected chi connectivity index (χ1v) is 9.48. The van der Waals surface area contributed by atoms with Crippen LogP contribution in [0.3, 0.4) is 0 Å². The number of thiazole rings is 1. The maximum Gasteiger partial charge on any atom is 0.266 e. The monoisotopic (exact) mass is 451 g/mol.